The van der Waals surface area contributed by atoms with Crippen LogP contribution in [-0.2, 0) is 11.3 Å². The summed E-state index contributed by atoms with van der Waals surface area (Å²) < 4.78 is 0. The minimum absolute atomic E-state index is 0.0437. The molecular formula is C22H25ClN2O2. The first kappa shape index (κ1) is 19.4. The Morgan fingerprint density at radius 3 is 2.59 bits per heavy atom. The number of amides is 2. The van der Waals surface area contributed by atoms with Crippen molar-refractivity contribution in [2.24, 2.45) is 0 Å². The third-order valence-electron chi connectivity index (χ3n) is 5.14. The van der Waals surface area contributed by atoms with Crippen molar-refractivity contribution >= 4 is 29.1 Å². The highest BCUT2D eigenvalue weighted by Crippen LogP contribution is 2.31. The van der Waals surface area contributed by atoms with E-state index < -0.39 is 0 Å². The molecule has 1 heterocycles. The lowest BCUT2D eigenvalue weighted by Crippen LogP contribution is -2.38. The van der Waals surface area contributed by atoms with E-state index in [1.54, 1.807) is 23.1 Å². The van der Waals surface area contributed by atoms with Crippen molar-refractivity contribution < 1.29 is 9.59 Å². The minimum Gasteiger partial charge on any atom is -0.332 e. The van der Waals surface area contributed by atoms with Crippen molar-refractivity contribution in [2.45, 2.75) is 45.7 Å². The molecule has 142 valence electrons. The van der Waals surface area contributed by atoms with Gasteiger partial charge in [0.1, 0.15) is 0 Å². The largest absolute Gasteiger partial charge is 0.332 e. The number of anilines is 1. The molecule has 2 aromatic carbocycles. The summed E-state index contributed by atoms with van der Waals surface area (Å²) in [6.07, 6.45) is 2.21. The van der Waals surface area contributed by atoms with Gasteiger partial charge in [0.25, 0.3) is 5.91 Å². The van der Waals surface area contributed by atoms with Crippen LogP contribution in [0, 0.1) is 0 Å². The molecule has 2 amide bonds. The van der Waals surface area contributed by atoms with Crippen LogP contribution in [0.5, 0.6) is 0 Å². The zero-order chi connectivity index (χ0) is 19.4. The second-order valence-corrected chi connectivity index (χ2v) is 7.40. The Balaban J connectivity index is 1.90. The molecule has 1 atom stereocenters. The monoisotopic (exact) mass is 384 g/mol. The SMILES string of the molecule is CCC(C)N(Cc1ccccc1)C(=O)c1ccc(Cl)c(N2CCCC2=O)c1. The minimum atomic E-state index is -0.0437. The predicted octanol–water partition coefficient (Wildman–Crippen LogP) is 4.91. The summed E-state index contributed by atoms with van der Waals surface area (Å²) in [5, 5.41) is 0.500. The van der Waals surface area contributed by atoms with E-state index in [0.717, 1.165) is 18.4 Å². The number of hydrogen-bond acceptors (Lipinski definition) is 2. The molecule has 0 aromatic heterocycles. The summed E-state index contributed by atoms with van der Waals surface area (Å²) in [5.74, 6) is 0.0160. The van der Waals surface area contributed by atoms with Crippen molar-refractivity contribution in [3.63, 3.8) is 0 Å². The van der Waals surface area contributed by atoms with E-state index in [2.05, 4.69) is 13.8 Å². The number of nitrogens with zero attached hydrogens (tertiary/aromatic N) is 2. The van der Waals surface area contributed by atoms with Crippen LogP contribution in [0.2, 0.25) is 5.02 Å². The third kappa shape index (κ3) is 4.33. The topological polar surface area (TPSA) is 40.6 Å². The molecule has 1 fully saturated rings. The molecular weight excluding hydrogens is 360 g/mol. The van der Waals surface area contributed by atoms with Crippen LogP contribution in [0.3, 0.4) is 0 Å². The first-order valence-corrected chi connectivity index (χ1v) is 9.84. The fourth-order valence-electron chi connectivity index (χ4n) is 3.35. The lowest BCUT2D eigenvalue weighted by atomic mass is 10.1. The zero-order valence-corrected chi connectivity index (χ0v) is 16.6. The molecule has 3 rings (SSSR count). The van der Waals surface area contributed by atoms with Gasteiger partial charge in [0.15, 0.2) is 0 Å². The summed E-state index contributed by atoms with van der Waals surface area (Å²) >= 11 is 6.33. The van der Waals surface area contributed by atoms with Gasteiger partial charge in [-0.3, -0.25) is 9.59 Å². The smallest absolute Gasteiger partial charge is 0.254 e. The second-order valence-electron chi connectivity index (χ2n) is 6.99. The fraction of sp³-hybridized carbons (Fsp3) is 0.364. The van der Waals surface area contributed by atoms with Crippen LogP contribution >= 0.6 is 11.6 Å². The molecule has 0 aliphatic carbocycles. The van der Waals surface area contributed by atoms with Crippen molar-refractivity contribution in [1.29, 1.82) is 0 Å². The fourth-order valence-corrected chi connectivity index (χ4v) is 3.57. The van der Waals surface area contributed by atoms with Crippen LogP contribution in [0.15, 0.2) is 48.5 Å². The maximum atomic E-state index is 13.3. The standard InChI is InChI=1S/C22H25ClN2O2/c1-3-16(2)25(15-17-8-5-4-6-9-17)22(27)18-11-12-19(23)20(14-18)24-13-7-10-21(24)26/h4-6,8-9,11-12,14,16H,3,7,10,13,15H2,1-2H3. The van der Waals surface area contributed by atoms with E-state index in [1.807, 2.05) is 35.2 Å². The maximum absolute atomic E-state index is 13.3. The van der Waals surface area contributed by atoms with Gasteiger partial charge in [-0.05, 0) is 43.5 Å². The Morgan fingerprint density at radius 2 is 1.96 bits per heavy atom. The Labute approximate surface area is 165 Å². The van der Waals surface area contributed by atoms with Crippen molar-refractivity contribution in [1.82, 2.24) is 4.90 Å². The molecule has 0 saturated carbocycles. The molecule has 2 aromatic rings. The Hall–Kier alpha value is -2.33. The number of benzene rings is 2. The van der Waals surface area contributed by atoms with E-state index >= 15 is 0 Å². The van der Waals surface area contributed by atoms with E-state index in [1.165, 1.54) is 0 Å². The molecule has 0 spiro atoms. The zero-order valence-electron chi connectivity index (χ0n) is 15.8. The molecule has 0 bridgehead atoms. The van der Waals surface area contributed by atoms with Crippen molar-refractivity contribution in [3.05, 3.63) is 64.7 Å². The van der Waals surface area contributed by atoms with E-state index in [-0.39, 0.29) is 17.9 Å². The maximum Gasteiger partial charge on any atom is 0.254 e. The molecule has 5 heteroatoms. The van der Waals surface area contributed by atoms with Gasteiger partial charge in [-0.1, -0.05) is 48.9 Å². The van der Waals surface area contributed by atoms with Crippen molar-refractivity contribution in [3.8, 4) is 0 Å². The second kappa shape index (κ2) is 8.57. The van der Waals surface area contributed by atoms with Gasteiger partial charge in [0.05, 0.1) is 10.7 Å². The van der Waals surface area contributed by atoms with E-state index in [4.69, 9.17) is 11.6 Å². The van der Waals surface area contributed by atoms with Crippen LogP contribution in [0.25, 0.3) is 0 Å². The Kier molecular flexibility index (Phi) is 6.17. The molecule has 1 aliphatic heterocycles. The van der Waals surface area contributed by atoms with Gasteiger partial charge in [-0.2, -0.15) is 0 Å². The Bertz CT molecular complexity index is 822. The highest BCUT2D eigenvalue weighted by Gasteiger charge is 2.26. The number of carbonyl (C=O) groups is 2. The lowest BCUT2D eigenvalue weighted by Gasteiger charge is -2.29. The number of halogens is 1. The van der Waals surface area contributed by atoms with Gasteiger partial charge in [-0.15, -0.1) is 0 Å². The Morgan fingerprint density at radius 1 is 1.22 bits per heavy atom. The van der Waals surface area contributed by atoms with Crippen molar-refractivity contribution in [2.75, 3.05) is 11.4 Å². The quantitative estimate of drug-likeness (QED) is 0.710. The molecule has 0 radical (unpaired) electrons. The lowest BCUT2D eigenvalue weighted by molar-refractivity contribution is -0.117. The van der Waals surface area contributed by atoms with Crippen LogP contribution in [0.1, 0.15) is 49.0 Å². The van der Waals surface area contributed by atoms with Crippen LogP contribution in [0.4, 0.5) is 5.69 Å². The predicted molar refractivity (Wildman–Crippen MR) is 109 cm³/mol. The average molecular weight is 385 g/mol. The number of carbonyl (C=O) groups excluding carboxylic acids is 2. The van der Waals surface area contributed by atoms with Gasteiger partial charge < -0.3 is 9.80 Å². The highest BCUT2D eigenvalue weighted by molar-refractivity contribution is 6.34. The van der Waals surface area contributed by atoms with Crippen LogP contribution < -0.4 is 4.90 Å². The summed E-state index contributed by atoms with van der Waals surface area (Å²) in [7, 11) is 0. The van der Waals surface area contributed by atoms with Gasteiger partial charge in [0, 0.05) is 31.1 Å². The molecule has 0 N–H and O–H groups in total. The van der Waals surface area contributed by atoms with Gasteiger partial charge in [0.2, 0.25) is 5.91 Å². The van der Waals surface area contributed by atoms with E-state index in [0.29, 0.717) is 35.8 Å². The average Bonchev–Trinajstić information content (AvgIpc) is 3.12. The first-order valence-electron chi connectivity index (χ1n) is 9.46. The highest BCUT2D eigenvalue weighted by atomic mass is 35.5. The summed E-state index contributed by atoms with van der Waals surface area (Å²) in [6.45, 7) is 5.33. The van der Waals surface area contributed by atoms with E-state index in [9.17, 15) is 9.59 Å². The molecule has 1 saturated heterocycles. The normalized spacial score (nSPS) is 15.1. The third-order valence-corrected chi connectivity index (χ3v) is 5.46. The summed E-state index contributed by atoms with van der Waals surface area (Å²) in [5.41, 5.74) is 2.29. The molecule has 1 unspecified atom stereocenters. The number of rotatable bonds is 6. The molecule has 27 heavy (non-hydrogen) atoms. The first-order chi connectivity index (χ1) is 13.0. The summed E-state index contributed by atoms with van der Waals surface area (Å²) in [6, 6.07) is 15.3. The van der Waals surface area contributed by atoms with Gasteiger partial charge in [-0.25, -0.2) is 0 Å². The van der Waals surface area contributed by atoms with Crippen LogP contribution in [-0.4, -0.2) is 29.3 Å². The van der Waals surface area contributed by atoms with Gasteiger partial charge >= 0.3 is 0 Å². The molecule has 1 aliphatic rings. The summed E-state index contributed by atoms with van der Waals surface area (Å²) in [4.78, 5) is 29.0. The molecule has 4 nitrogen and oxygen atoms in total. The number of hydrogen-bond donors (Lipinski definition) is 0.